The largest absolute Gasteiger partial charge is 0.433 e. The lowest BCUT2D eigenvalue weighted by Crippen LogP contribution is -2.37. The number of rotatable bonds is 4. The number of alkyl halides is 3. The van der Waals surface area contributed by atoms with Crippen LogP contribution in [0.2, 0.25) is 0 Å². The van der Waals surface area contributed by atoms with E-state index in [4.69, 9.17) is 0 Å². The predicted octanol–water partition coefficient (Wildman–Crippen LogP) is 3.33. The summed E-state index contributed by atoms with van der Waals surface area (Å²) in [4.78, 5) is 37.9. The Morgan fingerprint density at radius 2 is 1.53 bits per heavy atom. The second-order valence-electron chi connectivity index (χ2n) is 6.48. The highest BCUT2D eigenvalue weighted by molar-refractivity contribution is 6.22. The van der Waals surface area contributed by atoms with Gasteiger partial charge in [-0.25, -0.2) is 0 Å². The first-order valence-electron chi connectivity index (χ1n) is 8.73. The second kappa shape index (κ2) is 7.14. The Bertz CT molecular complexity index is 1120. The minimum atomic E-state index is -4.73. The molecule has 0 saturated carbocycles. The van der Waals surface area contributed by atoms with E-state index >= 15 is 0 Å². The van der Waals surface area contributed by atoms with Crippen LogP contribution in [0.5, 0.6) is 0 Å². The van der Waals surface area contributed by atoms with Gasteiger partial charge in [-0.15, -0.1) is 0 Å². The predicted molar refractivity (Wildman–Crippen MR) is 99.5 cm³/mol. The highest BCUT2D eigenvalue weighted by Crippen LogP contribution is 2.39. The van der Waals surface area contributed by atoms with E-state index in [9.17, 15) is 27.6 Å². The van der Waals surface area contributed by atoms with Gasteiger partial charge in [0.05, 0.1) is 16.7 Å². The first kappa shape index (κ1) is 19.4. The van der Waals surface area contributed by atoms with Crippen LogP contribution in [-0.4, -0.2) is 39.4 Å². The van der Waals surface area contributed by atoms with Crippen molar-refractivity contribution in [1.29, 1.82) is 0 Å². The summed E-state index contributed by atoms with van der Waals surface area (Å²) in [7, 11) is 0. The maximum Gasteiger partial charge on any atom is 0.433 e. The Balaban J connectivity index is 1.60. The molecule has 0 aliphatic carbocycles. The third-order valence-corrected chi connectivity index (χ3v) is 4.55. The van der Waals surface area contributed by atoms with Crippen molar-refractivity contribution in [2.24, 2.45) is 0 Å². The summed E-state index contributed by atoms with van der Waals surface area (Å²) < 4.78 is 40.2. The molecule has 0 atom stereocenters. The molecular formula is C20H13F3N4O3. The summed E-state index contributed by atoms with van der Waals surface area (Å²) in [6.45, 7) is -0.658. The molecule has 0 unspecified atom stereocenters. The van der Waals surface area contributed by atoms with Gasteiger partial charge in [0.1, 0.15) is 12.2 Å². The van der Waals surface area contributed by atoms with E-state index in [1.165, 1.54) is 24.3 Å². The van der Waals surface area contributed by atoms with Crippen molar-refractivity contribution in [1.82, 2.24) is 15.1 Å². The zero-order valence-corrected chi connectivity index (χ0v) is 15.2. The SMILES string of the molecule is O=C(CN1C(=O)c2ccccc2C1=O)Nc1n[nH]c(C(F)(F)F)c1-c1ccccc1. The molecular weight excluding hydrogens is 401 g/mol. The Morgan fingerprint density at radius 3 is 2.10 bits per heavy atom. The van der Waals surface area contributed by atoms with E-state index in [0.717, 1.165) is 4.90 Å². The van der Waals surface area contributed by atoms with Crippen LogP contribution in [-0.2, 0) is 11.0 Å². The summed E-state index contributed by atoms with van der Waals surface area (Å²) in [5, 5.41) is 7.76. The van der Waals surface area contributed by atoms with Gasteiger partial charge in [0.2, 0.25) is 5.91 Å². The van der Waals surface area contributed by atoms with Crippen LogP contribution in [0.15, 0.2) is 54.6 Å². The van der Waals surface area contributed by atoms with E-state index in [0.29, 0.717) is 0 Å². The van der Waals surface area contributed by atoms with E-state index in [1.807, 2.05) is 5.10 Å². The van der Waals surface area contributed by atoms with Gasteiger partial charge in [-0.05, 0) is 17.7 Å². The lowest BCUT2D eigenvalue weighted by molar-refractivity contribution is -0.140. The van der Waals surface area contributed by atoms with E-state index in [1.54, 1.807) is 30.3 Å². The molecule has 1 aliphatic heterocycles. The highest BCUT2D eigenvalue weighted by atomic mass is 19.4. The van der Waals surface area contributed by atoms with Crippen LogP contribution >= 0.6 is 0 Å². The number of amides is 3. The maximum atomic E-state index is 13.4. The molecule has 152 valence electrons. The number of halogens is 3. The van der Waals surface area contributed by atoms with Crippen LogP contribution in [0.25, 0.3) is 11.1 Å². The minimum absolute atomic E-state index is 0.166. The first-order chi connectivity index (χ1) is 14.3. The molecule has 0 saturated heterocycles. The van der Waals surface area contributed by atoms with Crippen LogP contribution in [0.4, 0.5) is 19.0 Å². The molecule has 2 heterocycles. The molecule has 10 heteroatoms. The number of aromatic nitrogens is 2. The maximum absolute atomic E-state index is 13.4. The zero-order valence-electron chi connectivity index (χ0n) is 15.2. The number of hydrogen-bond acceptors (Lipinski definition) is 4. The van der Waals surface area contributed by atoms with Crippen molar-refractivity contribution in [3.05, 3.63) is 71.4 Å². The molecule has 0 radical (unpaired) electrons. The number of carbonyl (C=O) groups excluding carboxylic acids is 3. The molecule has 0 bridgehead atoms. The van der Waals surface area contributed by atoms with Crippen molar-refractivity contribution < 1.29 is 27.6 Å². The van der Waals surface area contributed by atoms with E-state index in [-0.39, 0.29) is 28.1 Å². The molecule has 0 fully saturated rings. The standard InChI is InChI=1S/C20H13F3N4O3/c21-20(22,23)16-15(11-6-2-1-3-7-11)17(26-25-16)24-14(28)10-27-18(29)12-8-4-5-9-13(12)19(27)30/h1-9H,10H2,(H2,24,25,26,28). The van der Waals surface area contributed by atoms with Gasteiger partial charge in [-0.1, -0.05) is 42.5 Å². The number of aromatic amines is 1. The molecule has 2 aromatic carbocycles. The Morgan fingerprint density at radius 1 is 0.967 bits per heavy atom. The molecule has 4 rings (SSSR count). The summed E-state index contributed by atoms with van der Waals surface area (Å²) in [5.41, 5.74) is -0.933. The van der Waals surface area contributed by atoms with E-state index in [2.05, 4.69) is 10.4 Å². The number of anilines is 1. The number of benzene rings is 2. The van der Waals surface area contributed by atoms with Gasteiger partial charge < -0.3 is 5.32 Å². The van der Waals surface area contributed by atoms with Gasteiger partial charge in [-0.3, -0.25) is 24.4 Å². The van der Waals surface area contributed by atoms with Gasteiger partial charge in [-0.2, -0.15) is 18.3 Å². The van der Waals surface area contributed by atoms with Crippen molar-refractivity contribution in [2.45, 2.75) is 6.18 Å². The van der Waals surface area contributed by atoms with Gasteiger partial charge in [0.15, 0.2) is 5.82 Å². The number of carbonyl (C=O) groups is 3. The van der Waals surface area contributed by atoms with E-state index < -0.39 is 36.1 Å². The van der Waals surface area contributed by atoms with Crippen LogP contribution in [0.3, 0.4) is 0 Å². The molecule has 1 aromatic heterocycles. The normalized spacial score (nSPS) is 13.5. The second-order valence-corrected chi connectivity index (χ2v) is 6.48. The fraction of sp³-hybridized carbons (Fsp3) is 0.100. The van der Waals surface area contributed by atoms with Crippen molar-refractivity contribution in [3.63, 3.8) is 0 Å². The topological polar surface area (TPSA) is 95.2 Å². The van der Waals surface area contributed by atoms with Crippen LogP contribution in [0, 0.1) is 0 Å². The van der Waals surface area contributed by atoms with Crippen LogP contribution < -0.4 is 5.32 Å². The quantitative estimate of drug-likeness (QED) is 0.641. The summed E-state index contributed by atoms with van der Waals surface area (Å²) >= 11 is 0. The number of fused-ring (bicyclic) bond motifs is 1. The third-order valence-electron chi connectivity index (χ3n) is 4.55. The summed E-state index contributed by atoms with van der Waals surface area (Å²) in [5.74, 6) is -2.50. The van der Waals surface area contributed by atoms with Gasteiger partial charge in [0.25, 0.3) is 11.8 Å². The third kappa shape index (κ3) is 3.32. The van der Waals surface area contributed by atoms with Gasteiger partial charge >= 0.3 is 6.18 Å². The zero-order chi connectivity index (χ0) is 21.5. The Hall–Kier alpha value is -3.95. The lowest BCUT2D eigenvalue weighted by atomic mass is 10.1. The first-order valence-corrected chi connectivity index (χ1v) is 8.73. The lowest BCUT2D eigenvalue weighted by Gasteiger charge is -2.14. The fourth-order valence-electron chi connectivity index (χ4n) is 3.22. The monoisotopic (exact) mass is 414 g/mol. The molecule has 1 aliphatic rings. The van der Waals surface area contributed by atoms with Crippen molar-refractivity contribution in [2.75, 3.05) is 11.9 Å². The molecule has 0 spiro atoms. The average Bonchev–Trinajstić information content (AvgIpc) is 3.24. The molecule has 2 N–H and O–H groups in total. The van der Waals surface area contributed by atoms with Crippen LogP contribution in [0.1, 0.15) is 26.4 Å². The molecule has 3 aromatic rings. The average molecular weight is 414 g/mol. The number of H-pyrrole nitrogens is 1. The molecule has 7 nitrogen and oxygen atoms in total. The fourth-order valence-corrected chi connectivity index (χ4v) is 3.22. The Labute approximate surface area is 167 Å². The summed E-state index contributed by atoms with van der Waals surface area (Å²) in [6.07, 6.45) is -4.73. The number of imide groups is 1. The number of nitrogens with one attached hydrogen (secondary N) is 2. The Kier molecular flexibility index (Phi) is 4.61. The summed E-state index contributed by atoms with van der Waals surface area (Å²) in [6, 6.07) is 13.7. The van der Waals surface area contributed by atoms with Crippen molar-refractivity contribution >= 4 is 23.5 Å². The minimum Gasteiger partial charge on any atom is -0.307 e. The highest BCUT2D eigenvalue weighted by Gasteiger charge is 2.39. The number of nitrogens with zero attached hydrogens (tertiary/aromatic N) is 2. The smallest absolute Gasteiger partial charge is 0.307 e. The van der Waals surface area contributed by atoms with Crippen molar-refractivity contribution in [3.8, 4) is 11.1 Å². The molecule has 30 heavy (non-hydrogen) atoms. The van der Waals surface area contributed by atoms with Gasteiger partial charge in [0, 0.05) is 0 Å². The molecule has 3 amide bonds. The number of hydrogen-bond donors (Lipinski definition) is 2.